The highest BCUT2D eigenvalue weighted by molar-refractivity contribution is 6.07. The van der Waals surface area contributed by atoms with Crippen molar-refractivity contribution < 1.29 is 18.7 Å². The second kappa shape index (κ2) is 8.93. The fourth-order valence-electron chi connectivity index (χ4n) is 4.06. The molecule has 2 heterocycles. The minimum Gasteiger partial charge on any atom is -0.497 e. The van der Waals surface area contributed by atoms with E-state index in [1.807, 2.05) is 11.8 Å². The number of piperazine rings is 1. The molecule has 2 aliphatic rings. The molecule has 1 aromatic carbocycles. The first-order chi connectivity index (χ1) is 15.0. The molecule has 0 radical (unpaired) electrons. The van der Waals surface area contributed by atoms with Gasteiger partial charge in [-0.15, -0.1) is 0 Å². The highest BCUT2D eigenvalue weighted by Crippen LogP contribution is 2.30. The molecular formula is C23H28N4O4. The van der Waals surface area contributed by atoms with E-state index in [9.17, 15) is 9.59 Å². The molecule has 2 aromatic rings. The number of rotatable bonds is 4. The number of fused-ring (bicyclic) bond motifs is 1. The lowest BCUT2D eigenvalue weighted by Crippen LogP contribution is -2.47. The SMILES string of the molecule is COc1ccc(C(=O)N/N=C2\CCCc3oc(C(=O)N4CCN(C)CC4)c(C)c32)cc1. The van der Waals surface area contributed by atoms with Crippen LogP contribution in [0.3, 0.4) is 0 Å². The van der Waals surface area contributed by atoms with Gasteiger partial charge in [0, 0.05) is 49.3 Å². The first-order valence-corrected chi connectivity index (χ1v) is 10.6. The quantitative estimate of drug-likeness (QED) is 0.762. The minimum atomic E-state index is -0.294. The molecule has 1 saturated heterocycles. The van der Waals surface area contributed by atoms with Crippen LogP contribution in [0.4, 0.5) is 0 Å². The molecule has 0 spiro atoms. The van der Waals surface area contributed by atoms with Gasteiger partial charge in [-0.05, 0) is 51.1 Å². The van der Waals surface area contributed by atoms with E-state index in [-0.39, 0.29) is 11.8 Å². The third-order valence-electron chi connectivity index (χ3n) is 5.96. The molecule has 0 atom stereocenters. The fraction of sp³-hybridized carbons (Fsp3) is 0.435. The number of likely N-dealkylation sites (N-methyl/N-ethyl adjacent to an activating group) is 1. The number of hydrogen-bond donors (Lipinski definition) is 1. The summed E-state index contributed by atoms with van der Waals surface area (Å²) in [5.41, 5.74) is 5.56. The van der Waals surface area contributed by atoms with E-state index < -0.39 is 0 Å². The van der Waals surface area contributed by atoms with Crippen molar-refractivity contribution in [2.24, 2.45) is 5.10 Å². The standard InChI is InChI=1S/C23H28N4O4/c1-15-20-18(24-25-22(28)16-7-9-17(30-3)10-8-16)5-4-6-19(20)31-21(15)23(29)27-13-11-26(2)12-14-27/h7-10H,4-6,11-14H2,1-3H3,(H,25,28)/b24-18+. The highest BCUT2D eigenvalue weighted by atomic mass is 16.5. The van der Waals surface area contributed by atoms with Crippen LogP contribution in [0, 0.1) is 6.92 Å². The third-order valence-corrected chi connectivity index (χ3v) is 5.96. The number of methoxy groups -OCH3 is 1. The van der Waals surface area contributed by atoms with Gasteiger partial charge in [0.05, 0.1) is 12.8 Å². The van der Waals surface area contributed by atoms with Gasteiger partial charge in [0.1, 0.15) is 11.5 Å². The summed E-state index contributed by atoms with van der Waals surface area (Å²) in [4.78, 5) is 29.6. The number of ether oxygens (including phenoxy) is 1. The highest BCUT2D eigenvalue weighted by Gasteiger charge is 2.31. The lowest BCUT2D eigenvalue weighted by Gasteiger charge is -2.31. The molecule has 164 valence electrons. The molecule has 1 aliphatic heterocycles. The van der Waals surface area contributed by atoms with Crippen molar-refractivity contribution in [3.8, 4) is 5.75 Å². The summed E-state index contributed by atoms with van der Waals surface area (Å²) in [7, 11) is 3.64. The number of nitrogens with zero attached hydrogens (tertiary/aromatic N) is 3. The Labute approximate surface area is 181 Å². The summed E-state index contributed by atoms with van der Waals surface area (Å²) < 4.78 is 11.1. The van der Waals surface area contributed by atoms with Crippen molar-refractivity contribution in [3.63, 3.8) is 0 Å². The van der Waals surface area contributed by atoms with Crippen LogP contribution in [0.25, 0.3) is 0 Å². The van der Waals surface area contributed by atoms with Crippen molar-refractivity contribution in [1.29, 1.82) is 0 Å². The molecule has 0 bridgehead atoms. The van der Waals surface area contributed by atoms with Gasteiger partial charge in [-0.25, -0.2) is 5.43 Å². The number of carbonyl (C=O) groups is 2. The molecule has 0 saturated carbocycles. The fourth-order valence-corrected chi connectivity index (χ4v) is 4.06. The molecular weight excluding hydrogens is 396 g/mol. The number of carbonyl (C=O) groups excluding carboxylic acids is 2. The first-order valence-electron chi connectivity index (χ1n) is 10.6. The second-order valence-electron chi connectivity index (χ2n) is 8.03. The maximum absolute atomic E-state index is 13.0. The number of nitrogens with one attached hydrogen (secondary N) is 1. The van der Waals surface area contributed by atoms with Crippen LogP contribution in [0.15, 0.2) is 33.8 Å². The smallest absolute Gasteiger partial charge is 0.289 e. The van der Waals surface area contributed by atoms with Crippen LogP contribution in [-0.4, -0.2) is 67.7 Å². The predicted octanol–water partition coefficient (Wildman–Crippen LogP) is 2.45. The van der Waals surface area contributed by atoms with E-state index in [0.29, 0.717) is 30.2 Å². The maximum atomic E-state index is 13.0. The van der Waals surface area contributed by atoms with Gasteiger partial charge in [0.2, 0.25) is 0 Å². The lowest BCUT2D eigenvalue weighted by atomic mass is 9.93. The number of aryl methyl sites for hydroxylation is 1. The van der Waals surface area contributed by atoms with E-state index in [4.69, 9.17) is 9.15 Å². The zero-order chi connectivity index (χ0) is 22.0. The average molecular weight is 425 g/mol. The van der Waals surface area contributed by atoms with E-state index in [1.54, 1.807) is 31.4 Å². The van der Waals surface area contributed by atoms with Gasteiger partial charge < -0.3 is 19.0 Å². The Morgan fingerprint density at radius 2 is 1.81 bits per heavy atom. The van der Waals surface area contributed by atoms with Crippen molar-refractivity contribution in [1.82, 2.24) is 15.2 Å². The minimum absolute atomic E-state index is 0.0679. The van der Waals surface area contributed by atoms with Gasteiger partial charge in [0.15, 0.2) is 5.76 Å². The first kappa shape index (κ1) is 21.1. The summed E-state index contributed by atoms with van der Waals surface area (Å²) in [6, 6.07) is 6.85. The Balaban J connectivity index is 1.53. The van der Waals surface area contributed by atoms with E-state index in [1.165, 1.54) is 0 Å². The molecule has 1 fully saturated rings. The van der Waals surface area contributed by atoms with Gasteiger partial charge in [-0.1, -0.05) is 0 Å². The van der Waals surface area contributed by atoms with Crippen molar-refractivity contribution in [3.05, 3.63) is 52.5 Å². The summed E-state index contributed by atoms with van der Waals surface area (Å²) in [6.45, 7) is 5.00. The number of furan rings is 1. The van der Waals surface area contributed by atoms with Gasteiger partial charge >= 0.3 is 0 Å². The van der Waals surface area contributed by atoms with Crippen LogP contribution in [0.1, 0.15) is 50.6 Å². The molecule has 1 aliphatic carbocycles. The maximum Gasteiger partial charge on any atom is 0.289 e. The molecule has 2 amide bonds. The van der Waals surface area contributed by atoms with Gasteiger partial charge in [-0.2, -0.15) is 5.10 Å². The lowest BCUT2D eigenvalue weighted by molar-refractivity contribution is 0.0629. The number of hydrazone groups is 1. The van der Waals surface area contributed by atoms with Gasteiger partial charge in [-0.3, -0.25) is 9.59 Å². The van der Waals surface area contributed by atoms with E-state index >= 15 is 0 Å². The zero-order valence-corrected chi connectivity index (χ0v) is 18.2. The van der Waals surface area contributed by atoms with Crippen LogP contribution in [-0.2, 0) is 6.42 Å². The summed E-state index contributed by atoms with van der Waals surface area (Å²) >= 11 is 0. The second-order valence-corrected chi connectivity index (χ2v) is 8.03. The molecule has 31 heavy (non-hydrogen) atoms. The van der Waals surface area contributed by atoms with E-state index in [0.717, 1.165) is 55.0 Å². The molecule has 8 heteroatoms. The Hall–Kier alpha value is -3.13. The van der Waals surface area contributed by atoms with Crippen molar-refractivity contribution in [2.45, 2.75) is 26.2 Å². The predicted molar refractivity (Wildman–Crippen MR) is 117 cm³/mol. The Morgan fingerprint density at radius 1 is 1.10 bits per heavy atom. The van der Waals surface area contributed by atoms with E-state index in [2.05, 4.69) is 22.5 Å². The zero-order valence-electron chi connectivity index (χ0n) is 18.2. The van der Waals surface area contributed by atoms with Crippen molar-refractivity contribution in [2.75, 3.05) is 40.3 Å². The molecule has 1 N–H and O–H groups in total. The monoisotopic (exact) mass is 424 g/mol. The summed E-state index contributed by atoms with van der Waals surface area (Å²) in [6.07, 6.45) is 2.34. The molecule has 1 aromatic heterocycles. The number of amides is 2. The topological polar surface area (TPSA) is 87.4 Å². The summed E-state index contributed by atoms with van der Waals surface area (Å²) in [5, 5.41) is 4.39. The molecule has 4 rings (SSSR count). The average Bonchev–Trinajstić information content (AvgIpc) is 3.14. The Bertz CT molecular complexity index is 1000. The Kier molecular flexibility index (Phi) is 6.08. The normalized spacial score (nSPS) is 18.0. The van der Waals surface area contributed by atoms with Crippen LogP contribution < -0.4 is 10.2 Å². The van der Waals surface area contributed by atoms with Crippen LogP contribution >= 0.6 is 0 Å². The molecule has 8 nitrogen and oxygen atoms in total. The largest absolute Gasteiger partial charge is 0.497 e. The Morgan fingerprint density at radius 3 is 2.48 bits per heavy atom. The molecule has 0 unspecified atom stereocenters. The third kappa shape index (κ3) is 4.34. The summed E-state index contributed by atoms with van der Waals surface area (Å²) in [5.74, 6) is 1.49. The van der Waals surface area contributed by atoms with Crippen LogP contribution in [0.2, 0.25) is 0 Å². The number of hydrogen-bond acceptors (Lipinski definition) is 6. The number of benzene rings is 1. The van der Waals surface area contributed by atoms with Crippen molar-refractivity contribution >= 4 is 17.5 Å². The van der Waals surface area contributed by atoms with Gasteiger partial charge in [0.25, 0.3) is 11.8 Å². The van der Waals surface area contributed by atoms with Crippen LogP contribution in [0.5, 0.6) is 5.75 Å².